The largest absolute Gasteiger partial charge is 0.334 e. The summed E-state index contributed by atoms with van der Waals surface area (Å²) in [6.07, 6.45) is 8.17. The lowest BCUT2D eigenvalue weighted by Crippen LogP contribution is -2.55. The zero-order valence-corrected chi connectivity index (χ0v) is 14.8. The van der Waals surface area contributed by atoms with E-state index in [9.17, 15) is 4.79 Å². The summed E-state index contributed by atoms with van der Waals surface area (Å²) < 4.78 is 0. The van der Waals surface area contributed by atoms with Gasteiger partial charge in [0.1, 0.15) is 0 Å². The minimum atomic E-state index is 0.127. The van der Waals surface area contributed by atoms with E-state index in [1.807, 2.05) is 23.7 Å². The highest BCUT2D eigenvalue weighted by Crippen LogP contribution is 2.27. The molecule has 0 aromatic rings. The van der Waals surface area contributed by atoms with E-state index in [1.54, 1.807) is 0 Å². The molecule has 0 radical (unpaired) electrons. The average molecular weight is 314 g/mol. The van der Waals surface area contributed by atoms with E-state index >= 15 is 0 Å². The van der Waals surface area contributed by atoms with Gasteiger partial charge in [-0.3, -0.25) is 0 Å². The molecule has 1 saturated carbocycles. The summed E-state index contributed by atoms with van der Waals surface area (Å²) in [5, 5.41) is 3.89. The third-order valence-corrected chi connectivity index (χ3v) is 6.36. The second kappa shape index (κ2) is 7.73. The standard InChI is InChI=1S/C16H31N3OS/c1-12-11-18(2)10-9-14(12)19(3)16(20)17-13-7-5-6-8-15(13)21-4/h12-15H,5-11H2,1-4H3,(H,17,20)/t12-,13-,14-,15+/m0/s1. The number of amides is 2. The first-order valence-corrected chi connectivity index (χ1v) is 9.56. The van der Waals surface area contributed by atoms with Crippen LogP contribution in [-0.4, -0.2) is 66.6 Å². The lowest BCUT2D eigenvalue weighted by molar-refractivity contribution is 0.105. The predicted octanol–water partition coefficient (Wildman–Crippen LogP) is 2.64. The number of likely N-dealkylation sites (tertiary alicyclic amines) is 1. The number of thioether (sulfide) groups is 1. The molecule has 0 aromatic carbocycles. The van der Waals surface area contributed by atoms with Crippen LogP contribution in [-0.2, 0) is 0 Å². The topological polar surface area (TPSA) is 35.6 Å². The number of rotatable bonds is 3. The van der Waals surface area contributed by atoms with Crippen LogP contribution in [0.1, 0.15) is 39.0 Å². The Morgan fingerprint density at radius 3 is 2.67 bits per heavy atom. The van der Waals surface area contributed by atoms with Gasteiger partial charge < -0.3 is 15.1 Å². The molecule has 4 nitrogen and oxygen atoms in total. The molecular weight excluding hydrogens is 282 g/mol. The summed E-state index contributed by atoms with van der Waals surface area (Å²) in [6, 6.07) is 0.852. The molecule has 1 N–H and O–H groups in total. The molecule has 1 heterocycles. The van der Waals surface area contributed by atoms with Crippen molar-refractivity contribution in [1.82, 2.24) is 15.1 Å². The van der Waals surface area contributed by atoms with Crippen LogP contribution in [0.15, 0.2) is 0 Å². The molecule has 2 aliphatic rings. The molecule has 1 aliphatic carbocycles. The molecule has 4 atom stereocenters. The van der Waals surface area contributed by atoms with Crippen molar-refractivity contribution in [2.75, 3.05) is 33.4 Å². The minimum absolute atomic E-state index is 0.127. The first-order chi connectivity index (χ1) is 10.0. The Morgan fingerprint density at radius 2 is 2.00 bits per heavy atom. The third-order valence-electron chi connectivity index (χ3n) is 5.20. The van der Waals surface area contributed by atoms with Gasteiger partial charge in [-0.1, -0.05) is 19.8 Å². The maximum Gasteiger partial charge on any atom is 0.317 e. The van der Waals surface area contributed by atoms with Gasteiger partial charge in [0.25, 0.3) is 0 Å². The second-order valence-corrected chi connectivity index (χ2v) is 7.90. The van der Waals surface area contributed by atoms with Crippen molar-refractivity contribution in [3.63, 3.8) is 0 Å². The highest BCUT2D eigenvalue weighted by molar-refractivity contribution is 7.99. The zero-order chi connectivity index (χ0) is 15.4. The molecule has 0 spiro atoms. The first kappa shape index (κ1) is 16.9. The molecule has 0 bridgehead atoms. The van der Waals surface area contributed by atoms with Crippen LogP contribution in [0.5, 0.6) is 0 Å². The van der Waals surface area contributed by atoms with Crippen molar-refractivity contribution in [3.8, 4) is 0 Å². The summed E-state index contributed by atoms with van der Waals surface area (Å²) in [7, 11) is 4.14. The molecule has 122 valence electrons. The van der Waals surface area contributed by atoms with Crippen LogP contribution in [0, 0.1) is 5.92 Å². The Morgan fingerprint density at radius 1 is 1.29 bits per heavy atom. The average Bonchev–Trinajstić information content (AvgIpc) is 2.47. The zero-order valence-electron chi connectivity index (χ0n) is 14.0. The van der Waals surface area contributed by atoms with Crippen molar-refractivity contribution < 1.29 is 4.79 Å². The Labute approximate surface area is 134 Å². The van der Waals surface area contributed by atoms with Crippen molar-refractivity contribution in [2.24, 2.45) is 5.92 Å². The van der Waals surface area contributed by atoms with Crippen LogP contribution in [0.2, 0.25) is 0 Å². The molecule has 0 unspecified atom stereocenters. The maximum absolute atomic E-state index is 12.6. The van der Waals surface area contributed by atoms with Gasteiger partial charge in [-0.05, 0) is 45.0 Å². The Hall–Kier alpha value is -0.420. The van der Waals surface area contributed by atoms with Gasteiger partial charge in [0.2, 0.25) is 0 Å². The minimum Gasteiger partial charge on any atom is -0.334 e. The molecule has 0 aromatic heterocycles. The van der Waals surface area contributed by atoms with E-state index in [0.717, 1.165) is 25.9 Å². The van der Waals surface area contributed by atoms with Crippen LogP contribution >= 0.6 is 11.8 Å². The Bertz CT molecular complexity index is 352. The van der Waals surface area contributed by atoms with Crippen LogP contribution in [0.25, 0.3) is 0 Å². The fourth-order valence-corrected chi connectivity index (χ4v) is 4.81. The van der Waals surface area contributed by atoms with Gasteiger partial charge in [0.15, 0.2) is 0 Å². The summed E-state index contributed by atoms with van der Waals surface area (Å²) in [5.74, 6) is 0.544. The predicted molar refractivity (Wildman–Crippen MR) is 90.9 cm³/mol. The molecule has 1 saturated heterocycles. The van der Waals surface area contributed by atoms with Gasteiger partial charge >= 0.3 is 6.03 Å². The SMILES string of the molecule is CS[C@@H]1CCCC[C@@H]1NC(=O)N(C)[C@H]1CCN(C)C[C@@H]1C. The van der Waals surface area contributed by atoms with Crippen LogP contribution < -0.4 is 5.32 Å². The summed E-state index contributed by atoms with van der Waals surface area (Å²) in [4.78, 5) is 16.9. The summed E-state index contributed by atoms with van der Waals surface area (Å²) in [6.45, 7) is 4.43. The molecule has 2 rings (SSSR count). The molecule has 5 heteroatoms. The van der Waals surface area contributed by atoms with Crippen LogP contribution in [0.4, 0.5) is 4.79 Å². The second-order valence-electron chi connectivity index (χ2n) is 6.82. The number of piperidine rings is 1. The molecule has 21 heavy (non-hydrogen) atoms. The number of nitrogens with zero attached hydrogens (tertiary/aromatic N) is 2. The fraction of sp³-hybridized carbons (Fsp3) is 0.938. The normalized spacial score (nSPS) is 34.5. The smallest absolute Gasteiger partial charge is 0.317 e. The molecular formula is C16H31N3OS. The van der Waals surface area contributed by atoms with E-state index in [2.05, 4.69) is 30.4 Å². The van der Waals surface area contributed by atoms with E-state index in [-0.39, 0.29) is 6.03 Å². The van der Waals surface area contributed by atoms with Gasteiger partial charge in [-0.25, -0.2) is 4.79 Å². The molecule has 2 amide bonds. The van der Waals surface area contributed by atoms with Crippen molar-refractivity contribution in [3.05, 3.63) is 0 Å². The van der Waals surface area contributed by atoms with Crippen molar-refractivity contribution in [1.29, 1.82) is 0 Å². The Balaban J connectivity index is 1.89. The fourth-order valence-electron chi connectivity index (χ4n) is 3.87. The number of hydrogen-bond acceptors (Lipinski definition) is 3. The lowest BCUT2D eigenvalue weighted by Gasteiger charge is -2.41. The number of nitrogens with one attached hydrogen (secondary N) is 1. The highest BCUT2D eigenvalue weighted by Gasteiger charge is 2.32. The monoisotopic (exact) mass is 313 g/mol. The number of hydrogen-bond donors (Lipinski definition) is 1. The number of carbonyl (C=O) groups excluding carboxylic acids is 1. The molecule has 1 aliphatic heterocycles. The van der Waals surface area contributed by atoms with Gasteiger partial charge in [-0.2, -0.15) is 11.8 Å². The molecule has 2 fully saturated rings. The van der Waals surface area contributed by atoms with Gasteiger partial charge in [0, 0.05) is 30.9 Å². The lowest BCUT2D eigenvalue weighted by atomic mass is 9.93. The van der Waals surface area contributed by atoms with Gasteiger partial charge in [-0.15, -0.1) is 0 Å². The summed E-state index contributed by atoms with van der Waals surface area (Å²) >= 11 is 1.90. The van der Waals surface area contributed by atoms with E-state index in [1.165, 1.54) is 19.3 Å². The maximum atomic E-state index is 12.6. The number of carbonyl (C=O) groups is 1. The highest BCUT2D eigenvalue weighted by atomic mass is 32.2. The Kier molecular flexibility index (Phi) is 6.23. The summed E-state index contributed by atoms with van der Waals surface area (Å²) in [5.41, 5.74) is 0. The number of urea groups is 1. The van der Waals surface area contributed by atoms with E-state index < -0.39 is 0 Å². The third kappa shape index (κ3) is 4.28. The van der Waals surface area contributed by atoms with E-state index in [4.69, 9.17) is 0 Å². The van der Waals surface area contributed by atoms with E-state index in [0.29, 0.717) is 23.3 Å². The van der Waals surface area contributed by atoms with Gasteiger partial charge in [0.05, 0.1) is 0 Å². The van der Waals surface area contributed by atoms with Crippen molar-refractivity contribution >= 4 is 17.8 Å². The first-order valence-electron chi connectivity index (χ1n) is 8.27. The quantitative estimate of drug-likeness (QED) is 0.870. The van der Waals surface area contributed by atoms with Crippen LogP contribution in [0.3, 0.4) is 0 Å². The van der Waals surface area contributed by atoms with Crippen molar-refractivity contribution in [2.45, 2.75) is 56.4 Å².